The van der Waals surface area contributed by atoms with Gasteiger partial charge in [-0.2, -0.15) is 0 Å². The summed E-state index contributed by atoms with van der Waals surface area (Å²) in [5.41, 5.74) is 1.78. The SMILES string of the molecule is CC1=NCC(C)(C)C1. The zero-order valence-corrected chi connectivity index (χ0v) is 5.86. The highest BCUT2D eigenvalue weighted by atomic mass is 14.8. The maximum absolute atomic E-state index is 4.31. The van der Waals surface area contributed by atoms with Gasteiger partial charge in [0.1, 0.15) is 0 Å². The van der Waals surface area contributed by atoms with Crippen LogP contribution in [0.2, 0.25) is 0 Å². The van der Waals surface area contributed by atoms with Crippen molar-refractivity contribution < 1.29 is 0 Å². The van der Waals surface area contributed by atoms with E-state index in [0.717, 1.165) is 6.54 Å². The van der Waals surface area contributed by atoms with E-state index in [1.54, 1.807) is 0 Å². The van der Waals surface area contributed by atoms with E-state index >= 15 is 0 Å². The summed E-state index contributed by atoms with van der Waals surface area (Å²) in [5, 5.41) is 0. The average molecular weight is 111 g/mol. The summed E-state index contributed by atoms with van der Waals surface area (Å²) in [6, 6.07) is 0. The summed E-state index contributed by atoms with van der Waals surface area (Å²) in [6.45, 7) is 7.65. The monoisotopic (exact) mass is 111 g/mol. The molecule has 0 unspecified atom stereocenters. The van der Waals surface area contributed by atoms with Crippen LogP contribution in [-0.4, -0.2) is 12.3 Å². The Kier molecular flexibility index (Phi) is 1.14. The van der Waals surface area contributed by atoms with Crippen molar-refractivity contribution in [1.29, 1.82) is 0 Å². The quantitative estimate of drug-likeness (QED) is 0.452. The molecule has 0 fully saturated rings. The average Bonchev–Trinajstić information content (AvgIpc) is 1.82. The van der Waals surface area contributed by atoms with Crippen LogP contribution >= 0.6 is 0 Å². The fourth-order valence-electron chi connectivity index (χ4n) is 1.15. The molecule has 0 radical (unpaired) electrons. The molecule has 0 aliphatic carbocycles. The third-order valence-electron chi connectivity index (χ3n) is 1.51. The topological polar surface area (TPSA) is 12.4 Å². The van der Waals surface area contributed by atoms with Gasteiger partial charge in [-0.05, 0) is 18.8 Å². The molecule has 0 saturated heterocycles. The second kappa shape index (κ2) is 1.57. The number of rotatable bonds is 0. The lowest BCUT2D eigenvalue weighted by Gasteiger charge is -2.13. The molecule has 0 amide bonds. The number of hydrogen-bond acceptors (Lipinski definition) is 1. The van der Waals surface area contributed by atoms with E-state index in [9.17, 15) is 0 Å². The third-order valence-corrected chi connectivity index (χ3v) is 1.51. The largest absolute Gasteiger partial charge is 0.294 e. The van der Waals surface area contributed by atoms with Crippen LogP contribution in [-0.2, 0) is 0 Å². The Balaban J connectivity index is 2.55. The first-order valence-corrected chi connectivity index (χ1v) is 3.10. The minimum atomic E-state index is 0.462. The smallest absolute Gasteiger partial charge is 0.0443 e. The molecule has 0 saturated carbocycles. The molecule has 0 atom stereocenters. The highest BCUT2D eigenvalue weighted by molar-refractivity contribution is 5.84. The van der Waals surface area contributed by atoms with Gasteiger partial charge in [0, 0.05) is 12.3 Å². The van der Waals surface area contributed by atoms with Gasteiger partial charge in [0.25, 0.3) is 0 Å². The minimum absolute atomic E-state index is 0.462. The lowest BCUT2D eigenvalue weighted by Crippen LogP contribution is -2.10. The van der Waals surface area contributed by atoms with Crippen molar-refractivity contribution in [3.05, 3.63) is 0 Å². The minimum Gasteiger partial charge on any atom is -0.294 e. The molecule has 0 aromatic carbocycles. The van der Waals surface area contributed by atoms with E-state index in [4.69, 9.17) is 0 Å². The summed E-state index contributed by atoms with van der Waals surface area (Å²) in [6.07, 6.45) is 1.19. The van der Waals surface area contributed by atoms with Crippen LogP contribution in [0, 0.1) is 5.41 Å². The van der Waals surface area contributed by atoms with Gasteiger partial charge in [-0.15, -0.1) is 0 Å². The van der Waals surface area contributed by atoms with Gasteiger partial charge in [0.2, 0.25) is 0 Å². The molecule has 1 rings (SSSR count). The zero-order valence-electron chi connectivity index (χ0n) is 5.86. The van der Waals surface area contributed by atoms with Crippen LogP contribution in [0.1, 0.15) is 27.2 Å². The van der Waals surface area contributed by atoms with Crippen molar-refractivity contribution in [1.82, 2.24) is 0 Å². The number of hydrogen-bond donors (Lipinski definition) is 0. The highest BCUT2D eigenvalue weighted by Gasteiger charge is 2.22. The van der Waals surface area contributed by atoms with Crippen LogP contribution in [0.5, 0.6) is 0 Å². The molecule has 0 N–H and O–H groups in total. The van der Waals surface area contributed by atoms with Gasteiger partial charge in [0.05, 0.1) is 0 Å². The van der Waals surface area contributed by atoms with Gasteiger partial charge in [-0.25, -0.2) is 0 Å². The van der Waals surface area contributed by atoms with E-state index in [1.807, 2.05) is 0 Å². The lowest BCUT2D eigenvalue weighted by atomic mass is 9.91. The zero-order chi connectivity index (χ0) is 6.20. The van der Waals surface area contributed by atoms with E-state index in [1.165, 1.54) is 12.1 Å². The van der Waals surface area contributed by atoms with Crippen molar-refractivity contribution in [3.8, 4) is 0 Å². The van der Waals surface area contributed by atoms with E-state index in [-0.39, 0.29) is 0 Å². The standard InChI is InChI=1S/C7H13N/c1-6-4-7(2,3)5-8-6/h4-5H2,1-3H3. The molecule has 0 aromatic heterocycles. The molecule has 0 spiro atoms. The Morgan fingerprint density at radius 1 is 1.50 bits per heavy atom. The molecule has 46 valence electrons. The maximum atomic E-state index is 4.31. The molecule has 1 nitrogen and oxygen atoms in total. The first kappa shape index (κ1) is 5.80. The van der Waals surface area contributed by atoms with Crippen molar-refractivity contribution in [3.63, 3.8) is 0 Å². The molecule has 1 heteroatoms. The van der Waals surface area contributed by atoms with Gasteiger partial charge in [-0.3, -0.25) is 4.99 Å². The Hall–Kier alpha value is -0.330. The Morgan fingerprint density at radius 2 is 2.12 bits per heavy atom. The molecule has 1 aliphatic heterocycles. The first-order valence-electron chi connectivity index (χ1n) is 3.10. The molecule has 0 aromatic rings. The summed E-state index contributed by atoms with van der Waals surface area (Å²) in [5.74, 6) is 0. The van der Waals surface area contributed by atoms with Crippen LogP contribution in [0.3, 0.4) is 0 Å². The van der Waals surface area contributed by atoms with Gasteiger partial charge in [0.15, 0.2) is 0 Å². The van der Waals surface area contributed by atoms with Crippen molar-refractivity contribution in [2.24, 2.45) is 10.4 Å². The summed E-state index contributed by atoms with van der Waals surface area (Å²) in [7, 11) is 0. The van der Waals surface area contributed by atoms with Crippen LogP contribution in [0.25, 0.3) is 0 Å². The van der Waals surface area contributed by atoms with E-state index in [0.29, 0.717) is 5.41 Å². The van der Waals surface area contributed by atoms with Crippen molar-refractivity contribution in [2.75, 3.05) is 6.54 Å². The van der Waals surface area contributed by atoms with Crippen molar-refractivity contribution >= 4 is 5.71 Å². The number of aliphatic imine (C=N–C) groups is 1. The fraction of sp³-hybridized carbons (Fsp3) is 0.857. The normalized spacial score (nSPS) is 25.6. The Bertz CT molecular complexity index is 122. The first-order chi connectivity index (χ1) is 3.60. The molecular formula is C7H13N. The predicted molar refractivity (Wildman–Crippen MR) is 36.4 cm³/mol. The van der Waals surface area contributed by atoms with E-state index < -0.39 is 0 Å². The molecular weight excluding hydrogens is 98.1 g/mol. The van der Waals surface area contributed by atoms with Crippen LogP contribution in [0.4, 0.5) is 0 Å². The summed E-state index contributed by atoms with van der Waals surface area (Å²) >= 11 is 0. The second-order valence-corrected chi connectivity index (χ2v) is 3.39. The molecule has 0 bridgehead atoms. The van der Waals surface area contributed by atoms with Gasteiger partial charge < -0.3 is 0 Å². The Morgan fingerprint density at radius 3 is 2.25 bits per heavy atom. The summed E-state index contributed by atoms with van der Waals surface area (Å²) < 4.78 is 0. The van der Waals surface area contributed by atoms with E-state index in [2.05, 4.69) is 25.8 Å². The fourth-order valence-corrected chi connectivity index (χ4v) is 1.15. The summed E-state index contributed by atoms with van der Waals surface area (Å²) in [4.78, 5) is 4.31. The van der Waals surface area contributed by atoms with Crippen LogP contribution < -0.4 is 0 Å². The maximum Gasteiger partial charge on any atom is 0.0443 e. The van der Waals surface area contributed by atoms with Crippen molar-refractivity contribution in [2.45, 2.75) is 27.2 Å². The van der Waals surface area contributed by atoms with Crippen LogP contribution in [0.15, 0.2) is 4.99 Å². The van der Waals surface area contributed by atoms with Gasteiger partial charge in [-0.1, -0.05) is 13.8 Å². The second-order valence-electron chi connectivity index (χ2n) is 3.39. The number of nitrogens with zero attached hydrogens (tertiary/aromatic N) is 1. The predicted octanol–water partition coefficient (Wildman–Crippen LogP) is 1.88. The lowest BCUT2D eigenvalue weighted by molar-refractivity contribution is 0.423. The molecule has 8 heavy (non-hydrogen) atoms. The molecule has 1 heterocycles. The third kappa shape index (κ3) is 1.09. The highest BCUT2D eigenvalue weighted by Crippen LogP contribution is 2.26. The Labute approximate surface area is 50.8 Å². The van der Waals surface area contributed by atoms with Gasteiger partial charge >= 0.3 is 0 Å². The molecule has 1 aliphatic rings.